The lowest BCUT2D eigenvalue weighted by Crippen LogP contribution is -2.18. The Bertz CT molecular complexity index is 873. The lowest BCUT2D eigenvalue weighted by molar-refractivity contribution is 0.0958. The van der Waals surface area contributed by atoms with E-state index in [1.165, 1.54) is 0 Å². The van der Waals surface area contributed by atoms with Crippen LogP contribution < -0.4 is 11.1 Å². The number of rotatable bonds is 3. The first-order valence-corrected chi connectivity index (χ1v) is 7.46. The fourth-order valence-corrected chi connectivity index (χ4v) is 2.54. The number of nitrogen functional groups attached to an aromatic ring is 1. The molecule has 0 saturated carbocycles. The van der Waals surface area contributed by atoms with Crippen LogP contribution in [-0.2, 0) is 0 Å². The van der Waals surface area contributed by atoms with E-state index in [9.17, 15) is 4.79 Å². The van der Waals surface area contributed by atoms with Crippen LogP contribution in [0.4, 0.5) is 5.82 Å². The largest absolute Gasteiger partial charge is 0.384 e. The Morgan fingerprint density at radius 2 is 1.75 bits per heavy atom. The molecule has 0 saturated heterocycles. The Balaban J connectivity index is 2.10. The number of nitrogens with one attached hydrogen (secondary N) is 1. The van der Waals surface area contributed by atoms with Crippen molar-refractivity contribution in [3.05, 3.63) is 60.3 Å². The van der Waals surface area contributed by atoms with E-state index < -0.39 is 0 Å². The molecule has 24 heavy (non-hydrogen) atoms. The van der Waals surface area contributed by atoms with E-state index in [0.29, 0.717) is 11.5 Å². The smallest absolute Gasteiger partial charge is 0.269 e. The molecular formula is C18H17N5O. The molecule has 0 bridgehead atoms. The van der Waals surface area contributed by atoms with Crippen LogP contribution in [0.25, 0.3) is 22.3 Å². The quantitative estimate of drug-likeness (QED) is 0.773. The predicted octanol–water partition coefficient (Wildman–Crippen LogP) is 2.46. The van der Waals surface area contributed by atoms with Crippen LogP contribution in [0.2, 0.25) is 0 Å². The number of carbonyl (C=O) groups is 1. The van der Waals surface area contributed by atoms with Gasteiger partial charge in [-0.15, -0.1) is 0 Å². The van der Waals surface area contributed by atoms with E-state index in [2.05, 4.69) is 20.3 Å². The first-order valence-electron chi connectivity index (χ1n) is 7.46. The van der Waals surface area contributed by atoms with Crippen molar-refractivity contribution in [2.75, 3.05) is 12.8 Å². The zero-order chi connectivity index (χ0) is 17.1. The van der Waals surface area contributed by atoms with Gasteiger partial charge in [-0.2, -0.15) is 0 Å². The van der Waals surface area contributed by atoms with Gasteiger partial charge in [-0.25, -0.2) is 4.98 Å². The van der Waals surface area contributed by atoms with Crippen molar-refractivity contribution in [3.8, 4) is 22.3 Å². The van der Waals surface area contributed by atoms with Crippen molar-refractivity contribution in [2.24, 2.45) is 0 Å². The summed E-state index contributed by atoms with van der Waals surface area (Å²) in [5.41, 5.74) is 10.7. The molecule has 0 fully saturated rings. The van der Waals surface area contributed by atoms with Crippen LogP contribution in [0.1, 0.15) is 16.2 Å². The van der Waals surface area contributed by atoms with Crippen molar-refractivity contribution in [2.45, 2.75) is 6.92 Å². The van der Waals surface area contributed by atoms with E-state index in [1.54, 1.807) is 37.8 Å². The van der Waals surface area contributed by atoms with Gasteiger partial charge in [0.2, 0.25) is 0 Å². The molecule has 3 rings (SSSR count). The molecular weight excluding hydrogens is 302 g/mol. The summed E-state index contributed by atoms with van der Waals surface area (Å²) in [6.07, 6.45) is 5.17. The SMILES string of the molecule is CNC(=O)c1ccc(-c2ccnc(C)c2-c2ccc(N)nc2)cn1. The highest BCUT2D eigenvalue weighted by Gasteiger charge is 2.13. The van der Waals surface area contributed by atoms with Crippen molar-refractivity contribution in [1.29, 1.82) is 0 Å². The third-order valence-electron chi connectivity index (χ3n) is 3.75. The summed E-state index contributed by atoms with van der Waals surface area (Å²) in [5.74, 6) is 0.258. The highest BCUT2D eigenvalue weighted by atomic mass is 16.1. The summed E-state index contributed by atoms with van der Waals surface area (Å²) in [4.78, 5) is 24.4. The van der Waals surface area contributed by atoms with Crippen molar-refractivity contribution in [1.82, 2.24) is 20.3 Å². The highest BCUT2D eigenvalue weighted by molar-refractivity contribution is 5.92. The van der Waals surface area contributed by atoms with Gasteiger partial charge in [0.05, 0.1) is 0 Å². The molecule has 0 aliphatic rings. The van der Waals surface area contributed by atoms with Gasteiger partial charge in [-0.1, -0.05) is 6.07 Å². The molecule has 120 valence electrons. The Hall–Kier alpha value is -3.28. The molecule has 3 aromatic heterocycles. The fourth-order valence-electron chi connectivity index (χ4n) is 2.54. The van der Waals surface area contributed by atoms with Gasteiger partial charge >= 0.3 is 0 Å². The van der Waals surface area contributed by atoms with Crippen LogP contribution in [0.5, 0.6) is 0 Å². The zero-order valence-electron chi connectivity index (χ0n) is 13.4. The molecule has 0 aromatic carbocycles. The lowest BCUT2D eigenvalue weighted by atomic mass is 9.95. The monoisotopic (exact) mass is 319 g/mol. The second-order valence-corrected chi connectivity index (χ2v) is 5.30. The summed E-state index contributed by atoms with van der Waals surface area (Å²) < 4.78 is 0. The van der Waals surface area contributed by atoms with E-state index >= 15 is 0 Å². The molecule has 0 aliphatic heterocycles. The number of hydrogen-bond donors (Lipinski definition) is 2. The molecule has 0 spiro atoms. The van der Waals surface area contributed by atoms with Gasteiger partial charge < -0.3 is 11.1 Å². The zero-order valence-corrected chi connectivity index (χ0v) is 13.4. The molecule has 3 N–H and O–H groups in total. The third-order valence-corrected chi connectivity index (χ3v) is 3.75. The molecule has 1 amide bonds. The van der Waals surface area contributed by atoms with E-state index in [0.717, 1.165) is 27.9 Å². The molecule has 3 aromatic rings. The molecule has 3 heterocycles. The summed E-state index contributed by atoms with van der Waals surface area (Å²) in [5, 5.41) is 2.56. The van der Waals surface area contributed by atoms with Gasteiger partial charge in [0.1, 0.15) is 11.5 Å². The number of aryl methyl sites for hydroxylation is 1. The topological polar surface area (TPSA) is 93.8 Å². The fraction of sp³-hybridized carbons (Fsp3) is 0.111. The van der Waals surface area contributed by atoms with Crippen molar-refractivity contribution < 1.29 is 4.79 Å². The maximum Gasteiger partial charge on any atom is 0.269 e. The number of nitrogens with zero attached hydrogens (tertiary/aromatic N) is 3. The van der Waals surface area contributed by atoms with Crippen LogP contribution in [0.15, 0.2) is 48.9 Å². The molecule has 6 heteroatoms. The summed E-state index contributed by atoms with van der Waals surface area (Å²) in [6.45, 7) is 1.95. The highest BCUT2D eigenvalue weighted by Crippen LogP contribution is 2.33. The van der Waals surface area contributed by atoms with Gasteiger partial charge in [-0.3, -0.25) is 14.8 Å². The minimum Gasteiger partial charge on any atom is -0.384 e. The van der Waals surface area contributed by atoms with Gasteiger partial charge in [0.15, 0.2) is 0 Å². The number of nitrogens with two attached hydrogens (primary N) is 1. The maximum atomic E-state index is 11.6. The van der Waals surface area contributed by atoms with Crippen LogP contribution in [-0.4, -0.2) is 27.9 Å². The van der Waals surface area contributed by atoms with Crippen molar-refractivity contribution in [3.63, 3.8) is 0 Å². The second-order valence-electron chi connectivity index (χ2n) is 5.30. The first-order chi connectivity index (χ1) is 11.6. The number of anilines is 1. The van der Waals surface area contributed by atoms with Gasteiger partial charge in [0.25, 0.3) is 5.91 Å². The Morgan fingerprint density at radius 1 is 1.00 bits per heavy atom. The normalized spacial score (nSPS) is 10.4. The molecule has 0 atom stereocenters. The van der Waals surface area contributed by atoms with Crippen LogP contribution in [0.3, 0.4) is 0 Å². The lowest BCUT2D eigenvalue weighted by Gasteiger charge is -2.12. The van der Waals surface area contributed by atoms with E-state index in [4.69, 9.17) is 5.73 Å². The summed E-state index contributed by atoms with van der Waals surface area (Å²) >= 11 is 0. The Morgan fingerprint density at radius 3 is 2.38 bits per heavy atom. The van der Waals surface area contributed by atoms with Crippen molar-refractivity contribution >= 4 is 11.7 Å². The molecule has 6 nitrogen and oxygen atoms in total. The number of hydrogen-bond acceptors (Lipinski definition) is 5. The van der Waals surface area contributed by atoms with Crippen LogP contribution >= 0.6 is 0 Å². The molecule has 0 aliphatic carbocycles. The predicted molar refractivity (Wildman–Crippen MR) is 93.2 cm³/mol. The average Bonchev–Trinajstić information content (AvgIpc) is 2.62. The molecule has 0 unspecified atom stereocenters. The number of aromatic nitrogens is 3. The number of carbonyl (C=O) groups excluding carboxylic acids is 1. The average molecular weight is 319 g/mol. The van der Waals surface area contributed by atoms with Gasteiger partial charge in [0, 0.05) is 48.0 Å². The Labute approximate surface area is 139 Å². The standard InChI is InChI=1S/C18H17N5O/c1-11-17(13-4-6-16(19)23-10-13)14(7-8-21-11)12-3-5-15(22-9-12)18(24)20-2/h3-10H,1-2H3,(H2,19,23)(H,20,24). The second kappa shape index (κ2) is 6.45. The first kappa shape index (κ1) is 15.6. The maximum absolute atomic E-state index is 11.6. The Kier molecular flexibility index (Phi) is 4.20. The van der Waals surface area contributed by atoms with Gasteiger partial charge in [-0.05, 0) is 36.8 Å². The summed E-state index contributed by atoms with van der Waals surface area (Å²) in [6, 6.07) is 9.19. The van der Waals surface area contributed by atoms with Crippen LogP contribution in [0, 0.1) is 6.92 Å². The van der Waals surface area contributed by atoms with E-state index in [-0.39, 0.29) is 5.91 Å². The minimum absolute atomic E-state index is 0.213. The minimum atomic E-state index is -0.213. The number of amides is 1. The van der Waals surface area contributed by atoms with E-state index in [1.807, 2.05) is 25.1 Å². The third kappa shape index (κ3) is 2.94. The summed E-state index contributed by atoms with van der Waals surface area (Å²) in [7, 11) is 1.58. The number of pyridine rings is 3. The molecule has 0 radical (unpaired) electrons.